The molecule has 0 saturated carbocycles. The summed E-state index contributed by atoms with van der Waals surface area (Å²) in [7, 11) is 3.01. The number of aryl methyl sites for hydroxylation is 1. The van der Waals surface area contributed by atoms with Crippen LogP contribution < -0.4 is 20.1 Å². The van der Waals surface area contributed by atoms with Gasteiger partial charge in [-0.25, -0.2) is 4.79 Å². The average Bonchev–Trinajstić information content (AvgIpc) is 3.15. The summed E-state index contributed by atoms with van der Waals surface area (Å²) in [6, 6.07) is 12.1. The number of amides is 2. The highest BCUT2D eigenvalue weighted by atomic mass is 32.1. The topological polar surface area (TPSA) is 103 Å². The summed E-state index contributed by atoms with van der Waals surface area (Å²) in [4.78, 5) is 39.1. The summed E-state index contributed by atoms with van der Waals surface area (Å²) in [6.07, 6.45) is 0. The van der Waals surface area contributed by atoms with E-state index in [1.165, 1.54) is 14.2 Å². The fourth-order valence-corrected chi connectivity index (χ4v) is 4.44. The Balaban J connectivity index is 1.99. The number of esters is 1. The van der Waals surface area contributed by atoms with Crippen molar-refractivity contribution in [2.75, 3.05) is 31.5 Å². The van der Waals surface area contributed by atoms with Gasteiger partial charge in [0.05, 0.1) is 37.0 Å². The van der Waals surface area contributed by atoms with Gasteiger partial charge in [0.1, 0.15) is 16.5 Å². The highest BCUT2D eigenvalue weighted by Crippen LogP contribution is 2.36. The number of hydrogen-bond donors (Lipinski definition) is 2. The molecule has 0 aliphatic rings. The molecular weight excluding hydrogens is 456 g/mol. The van der Waals surface area contributed by atoms with Crippen LogP contribution >= 0.6 is 11.3 Å². The van der Waals surface area contributed by atoms with Crippen LogP contribution in [0.4, 0.5) is 10.7 Å². The number of nitrogens with one attached hydrogen (secondary N) is 2. The first kappa shape index (κ1) is 24.8. The van der Waals surface area contributed by atoms with Crippen LogP contribution in [-0.4, -0.2) is 38.6 Å². The Morgan fingerprint density at radius 1 is 0.941 bits per heavy atom. The largest absolute Gasteiger partial charge is 0.497 e. The van der Waals surface area contributed by atoms with Gasteiger partial charge in [0.25, 0.3) is 11.8 Å². The van der Waals surface area contributed by atoms with E-state index in [9.17, 15) is 14.4 Å². The lowest BCUT2D eigenvalue weighted by molar-refractivity contribution is 0.0527. The summed E-state index contributed by atoms with van der Waals surface area (Å²) in [5.74, 6) is -0.476. The molecule has 0 saturated heterocycles. The van der Waals surface area contributed by atoms with E-state index in [1.807, 2.05) is 19.1 Å². The number of methoxy groups -OCH3 is 2. The van der Waals surface area contributed by atoms with Crippen molar-refractivity contribution in [3.63, 3.8) is 0 Å². The summed E-state index contributed by atoms with van der Waals surface area (Å²) in [6.45, 7) is 5.31. The van der Waals surface area contributed by atoms with Crippen LogP contribution in [0.3, 0.4) is 0 Å². The van der Waals surface area contributed by atoms with Crippen LogP contribution in [0.5, 0.6) is 11.5 Å². The molecule has 0 aliphatic heterocycles. The fraction of sp³-hybridized carbons (Fsp3) is 0.240. The molecule has 2 amide bonds. The molecule has 9 heteroatoms. The van der Waals surface area contributed by atoms with Gasteiger partial charge in [-0.1, -0.05) is 18.2 Å². The van der Waals surface area contributed by atoms with E-state index in [4.69, 9.17) is 14.2 Å². The number of carbonyl (C=O) groups is 3. The molecule has 0 unspecified atom stereocenters. The van der Waals surface area contributed by atoms with Crippen LogP contribution in [0.1, 0.15) is 48.4 Å². The third-order valence-corrected chi connectivity index (χ3v) is 6.31. The van der Waals surface area contributed by atoms with E-state index in [2.05, 4.69) is 10.6 Å². The van der Waals surface area contributed by atoms with Gasteiger partial charge in [0.15, 0.2) is 0 Å². The summed E-state index contributed by atoms with van der Waals surface area (Å²) in [5, 5.41) is 5.82. The van der Waals surface area contributed by atoms with Gasteiger partial charge >= 0.3 is 5.97 Å². The molecule has 1 aromatic heterocycles. The molecule has 0 radical (unpaired) electrons. The molecule has 0 bridgehead atoms. The summed E-state index contributed by atoms with van der Waals surface area (Å²) >= 11 is 1.00. The molecule has 0 fully saturated rings. The molecule has 8 nitrogen and oxygen atoms in total. The fourth-order valence-electron chi connectivity index (χ4n) is 3.36. The van der Waals surface area contributed by atoms with Crippen LogP contribution in [0.2, 0.25) is 0 Å². The molecule has 1 heterocycles. The molecule has 2 aromatic carbocycles. The van der Waals surface area contributed by atoms with Crippen molar-refractivity contribution in [1.82, 2.24) is 0 Å². The van der Waals surface area contributed by atoms with E-state index in [1.54, 1.807) is 44.2 Å². The Labute approximate surface area is 201 Å². The predicted molar refractivity (Wildman–Crippen MR) is 132 cm³/mol. The Morgan fingerprint density at radius 2 is 1.68 bits per heavy atom. The monoisotopic (exact) mass is 482 g/mol. The number of anilines is 2. The molecule has 0 atom stereocenters. The second kappa shape index (κ2) is 10.8. The van der Waals surface area contributed by atoms with Crippen LogP contribution in [0, 0.1) is 13.8 Å². The summed E-state index contributed by atoms with van der Waals surface area (Å²) in [5.41, 5.74) is 2.21. The van der Waals surface area contributed by atoms with Crippen molar-refractivity contribution in [2.45, 2.75) is 20.8 Å². The van der Waals surface area contributed by atoms with Gasteiger partial charge in [-0.15, -0.1) is 11.3 Å². The minimum atomic E-state index is -0.616. The van der Waals surface area contributed by atoms with Gasteiger partial charge in [-0.05, 0) is 50.1 Å². The van der Waals surface area contributed by atoms with Crippen molar-refractivity contribution in [3.8, 4) is 11.5 Å². The lowest BCUT2D eigenvalue weighted by atomic mass is 10.1. The Kier molecular flexibility index (Phi) is 7.91. The number of ether oxygens (including phenoxy) is 3. The van der Waals surface area contributed by atoms with Crippen molar-refractivity contribution >= 4 is 39.8 Å². The highest BCUT2D eigenvalue weighted by molar-refractivity contribution is 7.19. The molecular formula is C25H26N2O6S. The van der Waals surface area contributed by atoms with Gasteiger partial charge in [-0.3, -0.25) is 9.59 Å². The van der Waals surface area contributed by atoms with Crippen molar-refractivity contribution in [1.29, 1.82) is 0 Å². The maximum absolute atomic E-state index is 13.2. The highest BCUT2D eigenvalue weighted by Gasteiger charge is 2.27. The lowest BCUT2D eigenvalue weighted by Crippen LogP contribution is -2.16. The van der Waals surface area contributed by atoms with Crippen LogP contribution in [-0.2, 0) is 4.74 Å². The zero-order chi connectivity index (χ0) is 24.8. The number of hydrogen-bond acceptors (Lipinski definition) is 7. The van der Waals surface area contributed by atoms with Gasteiger partial charge in [-0.2, -0.15) is 0 Å². The van der Waals surface area contributed by atoms with Crippen LogP contribution in [0.25, 0.3) is 0 Å². The number of rotatable bonds is 8. The normalized spacial score (nSPS) is 10.4. The molecule has 0 spiro atoms. The second-order valence-electron chi connectivity index (χ2n) is 7.27. The smallest absolute Gasteiger partial charge is 0.341 e. The standard InChI is InChI=1S/C25H26N2O6S/c1-6-33-25(30)20-15(3)21(23(29)26-18-13-16(31-4)11-12-19(18)32-5)34-24(20)27-22(28)17-10-8-7-9-14(17)2/h7-13H,6H2,1-5H3,(H,26,29)(H,27,28). The lowest BCUT2D eigenvalue weighted by Gasteiger charge is -2.11. The number of thiophene rings is 1. The van der Waals surface area contributed by atoms with Gasteiger partial charge in [0.2, 0.25) is 0 Å². The minimum Gasteiger partial charge on any atom is -0.497 e. The number of carbonyl (C=O) groups excluding carboxylic acids is 3. The van der Waals surface area contributed by atoms with E-state index < -0.39 is 11.9 Å². The van der Waals surface area contributed by atoms with E-state index in [0.717, 1.165) is 16.9 Å². The minimum absolute atomic E-state index is 0.150. The quantitative estimate of drug-likeness (QED) is 0.435. The third kappa shape index (κ3) is 5.20. The van der Waals surface area contributed by atoms with Crippen LogP contribution in [0.15, 0.2) is 42.5 Å². The molecule has 34 heavy (non-hydrogen) atoms. The van der Waals surface area contributed by atoms with Gasteiger partial charge < -0.3 is 24.8 Å². The van der Waals surface area contributed by atoms with E-state index >= 15 is 0 Å². The first-order valence-corrected chi connectivity index (χ1v) is 11.3. The molecule has 0 aliphatic carbocycles. The average molecular weight is 483 g/mol. The molecule has 3 aromatic rings. The molecule has 3 rings (SSSR count). The first-order valence-electron chi connectivity index (χ1n) is 10.5. The maximum Gasteiger partial charge on any atom is 0.341 e. The summed E-state index contributed by atoms with van der Waals surface area (Å²) < 4.78 is 15.7. The Morgan fingerprint density at radius 3 is 2.32 bits per heavy atom. The first-order chi connectivity index (χ1) is 16.3. The van der Waals surface area contributed by atoms with Crippen molar-refractivity contribution in [2.24, 2.45) is 0 Å². The molecule has 2 N–H and O–H groups in total. The van der Waals surface area contributed by atoms with Crippen molar-refractivity contribution in [3.05, 3.63) is 69.6 Å². The SMILES string of the molecule is CCOC(=O)c1c(NC(=O)c2ccccc2C)sc(C(=O)Nc2cc(OC)ccc2OC)c1C. The zero-order valence-corrected chi connectivity index (χ0v) is 20.4. The van der Waals surface area contributed by atoms with Gasteiger partial charge in [0, 0.05) is 11.6 Å². The van der Waals surface area contributed by atoms with E-state index in [-0.39, 0.29) is 28.0 Å². The second-order valence-corrected chi connectivity index (χ2v) is 8.29. The Hall–Kier alpha value is -3.85. The predicted octanol–water partition coefficient (Wildman–Crippen LogP) is 5.06. The Bertz CT molecular complexity index is 1230. The maximum atomic E-state index is 13.2. The van der Waals surface area contributed by atoms with E-state index in [0.29, 0.717) is 28.3 Å². The van der Waals surface area contributed by atoms with Crippen molar-refractivity contribution < 1.29 is 28.6 Å². The zero-order valence-electron chi connectivity index (χ0n) is 19.6. The number of benzene rings is 2. The molecule has 178 valence electrons. The third-order valence-electron chi connectivity index (χ3n) is 5.10.